The maximum Gasteiger partial charge on any atom is 0.122 e. The van der Waals surface area contributed by atoms with Gasteiger partial charge in [-0.3, -0.25) is 0 Å². The van der Waals surface area contributed by atoms with E-state index in [1.165, 1.54) is 0 Å². The van der Waals surface area contributed by atoms with Crippen LogP contribution in [-0.2, 0) is 14.2 Å². The molecule has 0 aromatic carbocycles. The van der Waals surface area contributed by atoms with Gasteiger partial charge in [0, 0.05) is 16.2 Å². The van der Waals surface area contributed by atoms with Crippen LogP contribution in [-0.4, -0.2) is 43.4 Å². The number of hydrogen-bond acceptors (Lipinski definition) is 4. The molecular weight excluding hydrogens is 242 g/mol. The van der Waals surface area contributed by atoms with E-state index < -0.39 is 0 Å². The second-order valence-corrected chi connectivity index (χ2v) is 8.40. The first-order valence-corrected chi connectivity index (χ1v) is 7.27. The van der Waals surface area contributed by atoms with Crippen molar-refractivity contribution in [2.45, 2.75) is 60.2 Å². The van der Waals surface area contributed by atoms with Crippen LogP contribution in [0.2, 0.25) is 0 Å². The van der Waals surface area contributed by atoms with Crippen LogP contribution in [0.4, 0.5) is 0 Å². The summed E-state index contributed by atoms with van der Waals surface area (Å²) in [5.41, 5.74) is 0.512. The minimum absolute atomic E-state index is 0.0987. The summed E-state index contributed by atoms with van der Waals surface area (Å²) in [5.74, 6) is 0. The molecule has 0 saturated carbocycles. The molecule has 0 radical (unpaired) electrons. The normalized spacial score (nSPS) is 42.2. The van der Waals surface area contributed by atoms with Crippen molar-refractivity contribution in [3.05, 3.63) is 0 Å². The third kappa shape index (κ3) is 1.96. The molecule has 3 atom stereocenters. The molecule has 0 amide bonds. The van der Waals surface area contributed by atoms with Gasteiger partial charge in [0.2, 0.25) is 0 Å². The van der Waals surface area contributed by atoms with E-state index in [-0.39, 0.29) is 34.9 Å². The molecule has 19 heavy (non-hydrogen) atoms. The van der Waals surface area contributed by atoms with Crippen molar-refractivity contribution in [2.24, 2.45) is 16.2 Å². The molecular formula is C15H27NO3. The monoisotopic (exact) mass is 269 g/mol. The van der Waals surface area contributed by atoms with Gasteiger partial charge < -0.3 is 14.2 Å². The molecule has 4 nitrogen and oxygen atoms in total. The highest BCUT2D eigenvalue weighted by Crippen LogP contribution is 2.49. The number of hydrogen-bond donors (Lipinski definition) is 0. The minimum Gasteiger partial charge on any atom is -0.362 e. The molecule has 0 spiro atoms. The van der Waals surface area contributed by atoms with E-state index >= 15 is 0 Å². The number of rotatable bonds is 3. The Morgan fingerprint density at radius 2 is 0.895 bits per heavy atom. The Kier molecular flexibility index (Phi) is 2.86. The second-order valence-electron chi connectivity index (χ2n) is 8.40. The molecule has 0 N–H and O–H groups in total. The Balaban J connectivity index is 1.84. The summed E-state index contributed by atoms with van der Waals surface area (Å²) in [6.07, 6.45) is 0.296. The third-order valence-electron chi connectivity index (χ3n) is 4.66. The average Bonchev–Trinajstić information content (AvgIpc) is 2.25. The van der Waals surface area contributed by atoms with Gasteiger partial charge in [-0.25, -0.2) is 4.90 Å². The smallest absolute Gasteiger partial charge is 0.122 e. The van der Waals surface area contributed by atoms with Gasteiger partial charge in [-0.2, -0.15) is 0 Å². The Morgan fingerprint density at radius 3 is 1.00 bits per heavy atom. The van der Waals surface area contributed by atoms with Gasteiger partial charge in [-0.05, 0) is 0 Å². The zero-order valence-electron chi connectivity index (χ0n) is 13.0. The van der Waals surface area contributed by atoms with E-state index in [0.717, 1.165) is 19.8 Å². The van der Waals surface area contributed by atoms with E-state index in [1.54, 1.807) is 0 Å². The fourth-order valence-electron chi connectivity index (χ4n) is 3.31. The Labute approximate surface area is 116 Å². The molecule has 0 aromatic rings. The summed E-state index contributed by atoms with van der Waals surface area (Å²) < 4.78 is 17.6. The van der Waals surface area contributed by atoms with Crippen molar-refractivity contribution in [3.63, 3.8) is 0 Å². The SMILES string of the molecule is CC1(C)COC1N(C1OCC1(C)C)C1OCC1(C)C. The van der Waals surface area contributed by atoms with E-state index in [2.05, 4.69) is 46.4 Å². The summed E-state index contributed by atoms with van der Waals surface area (Å²) in [7, 11) is 0. The van der Waals surface area contributed by atoms with Gasteiger partial charge in [0.15, 0.2) is 0 Å². The minimum atomic E-state index is 0.0987. The lowest BCUT2D eigenvalue weighted by Crippen LogP contribution is -2.74. The van der Waals surface area contributed by atoms with E-state index in [4.69, 9.17) is 14.2 Å². The van der Waals surface area contributed by atoms with Crippen molar-refractivity contribution in [2.75, 3.05) is 19.8 Å². The predicted molar refractivity (Wildman–Crippen MR) is 72.4 cm³/mol. The van der Waals surface area contributed by atoms with Gasteiger partial charge in [0.1, 0.15) is 18.7 Å². The predicted octanol–water partition coefficient (Wildman–Crippen LogP) is 2.44. The lowest BCUT2D eigenvalue weighted by molar-refractivity contribution is -0.397. The fraction of sp³-hybridized carbons (Fsp3) is 1.00. The Morgan fingerprint density at radius 1 is 0.632 bits per heavy atom. The average molecular weight is 269 g/mol. The van der Waals surface area contributed by atoms with Gasteiger partial charge in [0.25, 0.3) is 0 Å². The van der Waals surface area contributed by atoms with Crippen LogP contribution < -0.4 is 0 Å². The first-order chi connectivity index (χ1) is 8.65. The summed E-state index contributed by atoms with van der Waals surface area (Å²) in [6.45, 7) is 16.0. The van der Waals surface area contributed by atoms with Gasteiger partial charge in [0.05, 0.1) is 19.8 Å². The topological polar surface area (TPSA) is 30.9 Å². The maximum absolute atomic E-state index is 5.87. The van der Waals surface area contributed by atoms with Gasteiger partial charge in [-0.15, -0.1) is 0 Å². The molecule has 4 heteroatoms. The summed E-state index contributed by atoms with van der Waals surface area (Å²) >= 11 is 0. The molecule has 3 aliphatic heterocycles. The fourth-order valence-corrected chi connectivity index (χ4v) is 3.31. The largest absolute Gasteiger partial charge is 0.362 e. The Bertz CT molecular complexity index is 321. The van der Waals surface area contributed by atoms with Crippen molar-refractivity contribution >= 4 is 0 Å². The molecule has 3 rings (SSSR count). The van der Waals surface area contributed by atoms with Crippen LogP contribution in [0.5, 0.6) is 0 Å². The highest BCUT2D eigenvalue weighted by Gasteiger charge is 2.59. The van der Waals surface area contributed by atoms with Crippen molar-refractivity contribution in [1.29, 1.82) is 0 Å². The summed E-state index contributed by atoms with van der Waals surface area (Å²) in [6, 6.07) is 0. The summed E-state index contributed by atoms with van der Waals surface area (Å²) in [5, 5.41) is 0. The molecule has 3 unspecified atom stereocenters. The lowest BCUT2D eigenvalue weighted by Gasteiger charge is -2.63. The van der Waals surface area contributed by atoms with Gasteiger partial charge in [-0.1, -0.05) is 41.5 Å². The van der Waals surface area contributed by atoms with Crippen molar-refractivity contribution < 1.29 is 14.2 Å². The van der Waals surface area contributed by atoms with Crippen LogP contribution >= 0.6 is 0 Å². The zero-order chi connectivity index (χ0) is 14.1. The highest BCUT2D eigenvalue weighted by atomic mass is 16.6. The molecule has 0 aromatic heterocycles. The third-order valence-corrected chi connectivity index (χ3v) is 4.66. The van der Waals surface area contributed by atoms with Crippen molar-refractivity contribution in [1.82, 2.24) is 4.90 Å². The molecule has 110 valence electrons. The molecule has 0 aliphatic carbocycles. The van der Waals surface area contributed by atoms with Crippen LogP contribution in [0.1, 0.15) is 41.5 Å². The molecule has 3 saturated heterocycles. The quantitative estimate of drug-likeness (QED) is 0.787. The molecule has 3 aliphatic rings. The van der Waals surface area contributed by atoms with E-state index in [9.17, 15) is 0 Å². The summed E-state index contributed by atoms with van der Waals surface area (Å²) in [4.78, 5) is 2.34. The Hall–Kier alpha value is -0.160. The molecule has 3 heterocycles. The maximum atomic E-state index is 5.87. The molecule has 3 fully saturated rings. The zero-order valence-corrected chi connectivity index (χ0v) is 13.0. The lowest BCUT2D eigenvalue weighted by atomic mass is 9.78. The number of ether oxygens (including phenoxy) is 3. The van der Waals surface area contributed by atoms with E-state index in [0.29, 0.717) is 0 Å². The van der Waals surface area contributed by atoms with E-state index in [1.807, 2.05) is 0 Å². The van der Waals surface area contributed by atoms with Gasteiger partial charge >= 0.3 is 0 Å². The van der Waals surface area contributed by atoms with Crippen LogP contribution in [0.3, 0.4) is 0 Å². The first kappa shape index (κ1) is 13.8. The van der Waals surface area contributed by atoms with Crippen molar-refractivity contribution in [3.8, 4) is 0 Å². The van der Waals surface area contributed by atoms with Crippen LogP contribution in [0.15, 0.2) is 0 Å². The standard InChI is InChI=1S/C15H27NO3/c1-13(2)7-17-10(13)16(11-14(3,4)8-18-11)12-15(5,6)9-19-12/h10-12H,7-9H2,1-6H3. The highest BCUT2D eigenvalue weighted by molar-refractivity contribution is 5.00. The van der Waals surface area contributed by atoms with Crippen LogP contribution in [0, 0.1) is 16.2 Å². The molecule has 0 bridgehead atoms. The first-order valence-electron chi connectivity index (χ1n) is 7.27. The van der Waals surface area contributed by atoms with Crippen LogP contribution in [0.25, 0.3) is 0 Å². The number of nitrogens with zero attached hydrogens (tertiary/aromatic N) is 1. The second kappa shape index (κ2) is 3.94.